The summed E-state index contributed by atoms with van der Waals surface area (Å²) in [7, 11) is 0. The van der Waals surface area contributed by atoms with Crippen molar-refractivity contribution in [1.82, 2.24) is 10.4 Å². The van der Waals surface area contributed by atoms with Crippen molar-refractivity contribution < 1.29 is 15.1 Å². The fourth-order valence-electron chi connectivity index (χ4n) is 1.29. The number of hydrogen-bond donors (Lipinski definition) is 3. The average molecular weight is 173 g/mol. The predicted octanol–water partition coefficient (Wildman–Crippen LogP) is 0.0934. The second-order valence-corrected chi connectivity index (χ2v) is 2.58. The van der Waals surface area contributed by atoms with Crippen molar-refractivity contribution in [2.45, 2.75) is 18.9 Å². The normalized spacial score (nSPS) is 24.8. The van der Waals surface area contributed by atoms with Gasteiger partial charge in [0.05, 0.1) is 12.3 Å². The Bertz CT molecular complexity index is 194. The van der Waals surface area contributed by atoms with Crippen molar-refractivity contribution in [3.05, 3.63) is 0 Å². The van der Waals surface area contributed by atoms with Gasteiger partial charge < -0.3 is 10.3 Å². The number of nitrogens with one attached hydrogen (secondary N) is 1. The molecule has 1 unspecified atom stereocenters. The minimum absolute atomic E-state index is 0.119. The molecule has 12 heavy (non-hydrogen) atoms. The van der Waals surface area contributed by atoms with Crippen LogP contribution in [0.25, 0.3) is 0 Å². The van der Waals surface area contributed by atoms with Gasteiger partial charge in [0, 0.05) is 6.54 Å². The molecular weight excluding hydrogens is 162 g/mol. The Morgan fingerprint density at radius 2 is 2.50 bits per heavy atom. The molecule has 6 heteroatoms. The lowest BCUT2D eigenvalue weighted by atomic mass is 10.2. The SMILES string of the molecule is O=C(O)NN1CCCC1C=NO. The molecule has 1 amide bonds. The van der Waals surface area contributed by atoms with E-state index < -0.39 is 6.09 Å². The first-order valence-electron chi connectivity index (χ1n) is 3.68. The lowest BCUT2D eigenvalue weighted by Gasteiger charge is -2.19. The summed E-state index contributed by atoms with van der Waals surface area (Å²) < 4.78 is 0. The summed E-state index contributed by atoms with van der Waals surface area (Å²) in [4.78, 5) is 10.2. The zero-order valence-electron chi connectivity index (χ0n) is 6.47. The van der Waals surface area contributed by atoms with E-state index in [1.165, 1.54) is 11.2 Å². The number of rotatable bonds is 2. The number of carbonyl (C=O) groups is 1. The molecule has 0 aromatic carbocycles. The number of hydrogen-bond acceptors (Lipinski definition) is 4. The molecule has 3 N–H and O–H groups in total. The van der Waals surface area contributed by atoms with Gasteiger partial charge in [0.2, 0.25) is 0 Å². The average Bonchev–Trinajstić information content (AvgIpc) is 2.37. The van der Waals surface area contributed by atoms with Crippen LogP contribution in [-0.4, -0.2) is 40.2 Å². The van der Waals surface area contributed by atoms with Gasteiger partial charge in [-0.05, 0) is 12.8 Å². The third-order valence-corrected chi connectivity index (χ3v) is 1.78. The van der Waals surface area contributed by atoms with Crippen molar-refractivity contribution >= 4 is 12.3 Å². The molecule has 1 aliphatic heterocycles. The van der Waals surface area contributed by atoms with Crippen molar-refractivity contribution in [1.29, 1.82) is 0 Å². The van der Waals surface area contributed by atoms with Gasteiger partial charge in [0.25, 0.3) is 0 Å². The minimum atomic E-state index is -1.09. The highest BCUT2D eigenvalue weighted by Crippen LogP contribution is 2.12. The molecule has 0 spiro atoms. The van der Waals surface area contributed by atoms with E-state index in [1.807, 2.05) is 0 Å². The first-order valence-corrected chi connectivity index (χ1v) is 3.68. The second kappa shape index (κ2) is 3.91. The summed E-state index contributed by atoms with van der Waals surface area (Å²) in [6, 6.07) is -0.119. The third kappa shape index (κ3) is 2.09. The maximum Gasteiger partial charge on any atom is 0.419 e. The third-order valence-electron chi connectivity index (χ3n) is 1.78. The van der Waals surface area contributed by atoms with Crippen LogP contribution in [0.3, 0.4) is 0 Å². The zero-order valence-corrected chi connectivity index (χ0v) is 6.47. The van der Waals surface area contributed by atoms with Crippen molar-refractivity contribution in [3.63, 3.8) is 0 Å². The van der Waals surface area contributed by atoms with E-state index in [9.17, 15) is 4.79 Å². The van der Waals surface area contributed by atoms with Crippen molar-refractivity contribution in [3.8, 4) is 0 Å². The molecule has 0 saturated carbocycles. The predicted molar refractivity (Wildman–Crippen MR) is 41.2 cm³/mol. The summed E-state index contributed by atoms with van der Waals surface area (Å²) >= 11 is 0. The van der Waals surface area contributed by atoms with Crippen LogP contribution in [0.4, 0.5) is 4.79 Å². The van der Waals surface area contributed by atoms with Gasteiger partial charge in [-0.1, -0.05) is 0 Å². The van der Waals surface area contributed by atoms with Crippen LogP contribution in [-0.2, 0) is 0 Å². The molecule has 0 radical (unpaired) electrons. The maximum atomic E-state index is 10.2. The molecule has 1 fully saturated rings. The van der Waals surface area contributed by atoms with E-state index in [2.05, 4.69) is 10.6 Å². The molecule has 0 bridgehead atoms. The van der Waals surface area contributed by atoms with Crippen LogP contribution < -0.4 is 5.43 Å². The van der Waals surface area contributed by atoms with Gasteiger partial charge in [-0.25, -0.2) is 9.80 Å². The molecule has 0 aromatic rings. The van der Waals surface area contributed by atoms with Crippen LogP contribution in [0.15, 0.2) is 5.16 Å². The quantitative estimate of drug-likeness (QED) is 0.314. The molecule has 1 rings (SSSR count). The molecular formula is C6H11N3O3. The molecule has 1 aliphatic rings. The standard InChI is InChI=1S/C6H11N3O3/c10-6(11)8-9-3-1-2-5(9)4-7-12/h4-5,8,12H,1-3H2,(H,10,11). The fourth-order valence-corrected chi connectivity index (χ4v) is 1.29. The first-order chi connectivity index (χ1) is 5.74. The zero-order chi connectivity index (χ0) is 8.97. The lowest BCUT2D eigenvalue weighted by Crippen LogP contribution is -2.45. The number of nitrogens with zero attached hydrogens (tertiary/aromatic N) is 2. The Kier molecular flexibility index (Phi) is 2.87. The van der Waals surface area contributed by atoms with Crippen LogP contribution in [0.5, 0.6) is 0 Å². The van der Waals surface area contributed by atoms with Crippen molar-refractivity contribution in [2.24, 2.45) is 5.16 Å². The molecule has 1 atom stereocenters. The van der Waals surface area contributed by atoms with Crippen LogP contribution in [0.1, 0.15) is 12.8 Å². The minimum Gasteiger partial charge on any atom is -0.464 e. The Balaban J connectivity index is 2.46. The van der Waals surface area contributed by atoms with Gasteiger partial charge in [-0.2, -0.15) is 0 Å². The van der Waals surface area contributed by atoms with E-state index in [-0.39, 0.29) is 6.04 Å². The van der Waals surface area contributed by atoms with E-state index in [4.69, 9.17) is 10.3 Å². The molecule has 0 aliphatic carbocycles. The topological polar surface area (TPSA) is 85.2 Å². The summed E-state index contributed by atoms with van der Waals surface area (Å²) in [5.74, 6) is 0. The number of amides is 1. The van der Waals surface area contributed by atoms with Gasteiger partial charge in [0.1, 0.15) is 0 Å². The maximum absolute atomic E-state index is 10.2. The number of carboxylic acid groups (broad SMARTS) is 1. The Morgan fingerprint density at radius 3 is 3.08 bits per heavy atom. The lowest BCUT2D eigenvalue weighted by molar-refractivity contribution is 0.145. The molecule has 1 saturated heterocycles. The fraction of sp³-hybridized carbons (Fsp3) is 0.667. The van der Waals surface area contributed by atoms with E-state index in [1.54, 1.807) is 0 Å². The largest absolute Gasteiger partial charge is 0.464 e. The Morgan fingerprint density at radius 1 is 1.75 bits per heavy atom. The number of oxime groups is 1. The van der Waals surface area contributed by atoms with E-state index in [0.717, 1.165) is 12.8 Å². The molecule has 1 heterocycles. The number of hydrazine groups is 1. The first kappa shape index (κ1) is 8.79. The highest BCUT2D eigenvalue weighted by molar-refractivity contribution is 5.67. The summed E-state index contributed by atoms with van der Waals surface area (Å²) in [6.07, 6.45) is 1.94. The van der Waals surface area contributed by atoms with Crippen LogP contribution in [0.2, 0.25) is 0 Å². The summed E-state index contributed by atoms with van der Waals surface area (Å²) in [6.45, 7) is 0.656. The second-order valence-electron chi connectivity index (χ2n) is 2.58. The van der Waals surface area contributed by atoms with Crippen LogP contribution in [0, 0.1) is 0 Å². The molecule has 68 valence electrons. The van der Waals surface area contributed by atoms with Gasteiger partial charge in [0.15, 0.2) is 0 Å². The Labute approximate surface area is 69.4 Å². The highest BCUT2D eigenvalue weighted by Gasteiger charge is 2.24. The van der Waals surface area contributed by atoms with Gasteiger partial charge in [-0.15, -0.1) is 5.16 Å². The van der Waals surface area contributed by atoms with E-state index in [0.29, 0.717) is 6.54 Å². The summed E-state index contributed by atoms with van der Waals surface area (Å²) in [5.41, 5.74) is 2.22. The molecule has 6 nitrogen and oxygen atoms in total. The summed E-state index contributed by atoms with van der Waals surface area (Å²) in [5, 5.41) is 21.1. The van der Waals surface area contributed by atoms with Gasteiger partial charge >= 0.3 is 6.09 Å². The van der Waals surface area contributed by atoms with Gasteiger partial charge in [-0.3, -0.25) is 5.43 Å². The monoisotopic (exact) mass is 173 g/mol. The van der Waals surface area contributed by atoms with E-state index >= 15 is 0 Å². The molecule has 0 aromatic heterocycles. The smallest absolute Gasteiger partial charge is 0.419 e. The Hall–Kier alpha value is -1.30. The van der Waals surface area contributed by atoms with Crippen molar-refractivity contribution in [2.75, 3.05) is 6.54 Å². The highest BCUT2D eigenvalue weighted by atomic mass is 16.4. The van der Waals surface area contributed by atoms with Crippen LogP contribution >= 0.6 is 0 Å².